The van der Waals surface area contributed by atoms with Crippen molar-refractivity contribution in [2.75, 3.05) is 109 Å². The van der Waals surface area contributed by atoms with Crippen molar-refractivity contribution in [3.05, 3.63) is 0 Å². The van der Waals surface area contributed by atoms with E-state index in [0.717, 1.165) is 69.0 Å². The van der Waals surface area contributed by atoms with E-state index in [1.54, 1.807) is 0 Å². The molecule has 0 unspecified atom stereocenters. The highest BCUT2D eigenvalue weighted by Crippen LogP contribution is 2.30. The molecule has 11 aliphatic heterocycles. The summed E-state index contributed by atoms with van der Waals surface area (Å²) in [6.45, 7) is 3.22. The molecule has 0 aromatic carbocycles. The first-order chi connectivity index (χ1) is 23.7. The summed E-state index contributed by atoms with van der Waals surface area (Å²) in [6, 6.07) is 0. The minimum atomic E-state index is -0.236. The highest BCUT2D eigenvalue weighted by atomic mass is 32.2. The van der Waals surface area contributed by atoms with Crippen LogP contribution in [0.3, 0.4) is 0 Å². The maximum atomic E-state index is 6.17. The van der Waals surface area contributed by atoms with Crippen molar-refractivity contribution >= 4 is 70.6 Å². The molecule has 11 aliphatic rings. The van der Waals surface area contributed by atoms with Crippen LogP contribution in [-0.2, 0) is 56.8 Å². The van der Waals surface area contributed by atoms with E-state index in [1.165, 1.54) is 0 Å². The minimum Gasteiger partial charge on any atom is -0.349 e. The second kappa shape index (κ2) is 20.3. The van der Waals surface area contributed by atoms with Crippen LogP contribution < -0.4 is 0 Å². The molecule has 0 saturated carbocycles. The van der Waals surface area contributed by atoms with Gasteiger partial charge < -0.3 is 56.8 Å². The van der Waals surface area contributed by atoms with E-state index in [4.69, 9.17) is 56.8 Å². The van der Waals surface area contributed by atoms with Gasteiger partial charge in [0.25, 0.3) is 0 Å². The molecular weight excluding hydrogens is 745 g/mol. The Morgan fingerprint density at radius 3 is 0.583 bits per heavy atom. The molecule has 12 bridgehead atoms. The molecule has 18 heteroatoms. The van der Waals surface area contributed by atoms with Gasteiger partial charge in [-0.25, -0.2) is 0 Å². The van der Waals surface area contributed by atoms with Gasteiger partial charge in [-0.05, 0) is 0 Å². The summed E-state index contributed by atoms with van der Waals surface area (Å²) >= 11 is 11.0. The van der Waals surface area contributed by atoms with Gasteiger partial charge in [0.2, 0.25) is 0 Å². The number of hydrogen-bond acceptors (Lipinski definition) is 18. The van der Waals surface area contributed by atoms with E-state index in [9.17, 15) is 0 Å². The van der Waals surface area contributed by atoms with Crippen LogP contribution in [0.2, 0.25) is 0 Å². The summed E-state index contributed by atoms with van der Waals surface area (Å²) in [5, 5.41) is 0. The van der Waals surface area contributed by atoms with Gasteiger partial charge in [-0.15, -0.1) is 0 Å². The maximum absolute atomic E-state index is 6.17. The number of hydrogen-bond donors (Lipinski definition) is 0. The van der Waals surface area contributed by atoms with E-state index in [-0.39, 0.29) is 74.4 Å². The van der Waals surface area contributed by atoms with Crippen molar-refractivity contribution in [3.63, 3.8) is 0 Å². The van der Waals surface area contributed by atoms with Crippen molar-refractivity contribution in [2.24, 2.45) is 0 Å². The Bertz CT molecular complexity index is 765. The lowest BCUT2D eigenvalue weighted by Gasteiger charge is -2.42. The zero-order valence-electron chi connectivity index (χ0n) is 27.0. The van der Waals surface area contributed by atoms with Crippen LogP contribution in [0.4, 0.5) is 0 Å². The molecule has 12 nitrogen and oxygen atoms in total. The normalized spacial score (nSPS) is 45.0. The molecule has 11 fully saturated rings. The first-order valence-corrected chi connectivity index (χ1v) is 23.8. The predicted octanol–water partition coefficient (Wildman–Crippen LogP) is 2.85. The van der Waals surface area contributed by atoms with E-state index >= 15 is 0 Å². The maximum Gasteiger partial charge on any atom is 0.167 e. The molecule has 276 valence electrons. The van der Waals surface area contributed by atoms with E-state index < -0.39 is 0 Å². The molecular formula is C30H48O12S6. The molecule has 0 radical (unpaired) electrons. The molecule has 11 saturated heterocycles. The molecule has 0 aromatic heterocycles. The number of ether oxygens (including phenoxy) is 12. The topological polar surface area (TPSA) is 111 Å². The van der Waals surface area contributed by atoms with Crippen LogP contribution in [-0.4, -0.2) is 183 Å². The fourth-order valence-electron chi connectivity index (χ4n) is 5.98. The summed E-state index contributed by atoms with van der Waals surface area (Å²) < 4.78 is 73.0. The minimum absolute atomic E-state index is 0.0849. The summed E-state index contributed by atoms with van der Waals surface area (Å²) in [5.74, 6) is 10.7. The summed E-state index contributed by atoms with van der Waals surface area (Å²) in [6.07, 6.45) is -1.92. The lowest BCUT2D eigenvalue weighted by Crippen LogP contribution is -2.54. The van der Waals surface area contributed by atoms with Crippen LogP contribution in [0, 0.1) is 0 Å². The van der Waals surface area contributed by atoms with Gasteiger partial charge >= 0.3 is 0 Å². The van der Waals surface area contributed by atoms with E-state index in [2.05, 4.69) is 0 Å². The largest absolute Gasteiger partial charge is 0.349 e. The molecule has 11 heterocycles. The third-order valence-corrected chi connectivity index (χ3v) is 15.3. The molecule has 0 N–H and O–H groups in total. The smallest absolute Gasteiger partial charge is 0.167 e. The zero-order chi connectivity index (χ0) is 32.4. The molecule has 0 aliphatic carbocycles. The van der Waals surface area contributed by atoms with Crippen molar-refractivity contribution in [1.29, 1.82) is 0 Å². The lowest BCUT2D eigenvalue weighted by molar-refractivity contribution is -0.326. The predicted molar refractivity (Wildman–Crippen MR) is 192 cm³/mol. The average Bonchev–Trinajstić information content (AvgIpc) is 3.12. The van der Waals surface area contributed by atoms with Gasteiger partial charge in [0.15, 0.2) is 37.7 Å². The number of fused-ring (bicyclic) bond motifs is 3. The van der Waals surface area contributed by atoms with Crippen molar-refractivity contribution in [1.82, 2.24) is 0 Å². The highest BCUT2D eigenvalue weighted by molar-refractivity contribution is 8.03. The fourth-order valence-corrected chi connectivity index (χ4v) is 12.0. The molecule has 12 atom stereocenters. The van der Waals surface area contributed by atoms with E-state index in [1.807, 2.05) is 70.6 Å². The molecule has 11 rings (SSSR count). The van der Waals surface area contributed by atoms with Crippen LogP contribution in [0.5, 0.6) is 0 Å². The van der Waals surface area contributed by atoms with Gasteiger partial charge in [-0.2, -0.15) is 70.6 Å². The Balaban J connectivity index is 0.842. The first kappa shape index (κ1) is 37.9. The molecule has 0 aromatic rings. The number of thioether (sulfide) groups is 6. The Morgan fingerprint density at radius 2 is 0.417 bits per heavy atom. The average molecular weight is 793 g/mol. The monoisotopic (exact) mass is 792 g/mol. The fraction of sp³-hybridized carbons (Fsp3) is 1.00. The Labute approximate surface area is 308 Å². The van der Waals surface area contributed by atoms with Gasteiger partial charge in [0.1, 0.15) is 36.6 Å². The Morgan fingerprint density at radius 1 is 0.250 bits per heavy atom. The SMILES string of the molecule is C1CSC[C@@H]2OC[C@@H]3O[C@H](CSCCSC[C@@H]4OC[C@@H]5O[C@H](CSCCSC[C@@H]6OC[C@@H]7O[C@H](CS1)OC[C@@H]7O6)OC[C@@H]5O4)OC[C@@H]3O2. The Kier molecular flexibility index (Phi) is 16.1. The third-order valence-electron chi connectivity index (χ3n) is 8.52. The summed E-state index contributed by atoms with van der Waals surface area (Å²) in [4.78, 5) is 0. The summed E-state index contributed by atoms with van der Waals surface area (Å²) in [5.41, 5.74) is 0. The second-order valence-corrected chi connectivity index (χ2v) is 19.0. The van der Waals surface area contributed by atoms with Crippen molar-refractivity contribution < 1.29 is 56.8 Å². The zero-order valence-corrected chi connectivity index (χ0v) is 31.9. The second-order valence-electron chi connectivity index (χ2n) is 12.1. The highest BCUT2D eigenvalue weighted by Gasteiger charge is 2.41. The Hall–Kier alpha value is 1.62. The van der Waals surface area contributed by atoms with Gasteiger partial charge in [-0.1, -0.05) is 0 Å². The first-order valence-electron chi connectivity index (χ1n) is 16.8. The standard InChI is InChI=1S/C30H48O12S6/c1-2-44-14-26-32-9-22-21(38-26)10-34-28(40-22)16-46-5-6-48-18-30-36-12-23-24(42-30)11-35-29(41-23)17-47-4-3-45-15-27-33-8-19-20(39-27)7-31-25(37-19)13-43-1/h19-30H,1-18H2/t19-,20-,21-,22-,23-,24-,25+,26+,27+,28+,29+,30+/m0/s1. The van der Waals surface area contributed by atoms with Crippen LogP contribution >= 0.6 is 70.6 Å². The van der Waals surface area contributed by atoms with Crippen molar-refractivity contribution in [3.8, 4) is 0 Å². The lowest BCUT2D eigenvalue weighted by atomic mass is 10.2. The third kappa shape index (κ3) is 11.6. The van der Waals surface area contributed by atoms with Crippen LogP contribution in [0.15, 0.2) is 0 Å². The van der Waals surface area contributed by atoms with Gasteiger partial charge in [-0.3, -0.25) is 0 Å². The van der Waals surface area contributed by atoms with Gasteiger partial charge in [0.05, 0.1) is 39.6 Å². The molecule has 0 amide bonds. The molecule has 0 spiro atoms. The van der Waals surface area contributed by atoms with Crippen LogP contribution in [0.1, 0.15) is 0 Å². The van der Waals surface area contributed by atoms with Crippen LogP contribution in [0.25, 0.3) is 0 Å². The number of rotatable bonds is 0. The van der Waals surface area contributed by atoms with E-state index in [0.29, 0.717) is 39.6 Å². The van der Waals surface area contributed by atoms with Crippen molar-refractivity contribution in [2.45, 2.75) is 74.4 Å². The summed E-state index contributed by atoms with van der Waals surface area (Å²) in [7, 11) is 0. The van der Waals surface area contributed by atoms with Gasteiger partial charge in [0, 0.05) is 69.0 Å². The quantitative estimate of drug-likeness (QED) is 0.358. The molecule has 48 heavy (non-hydrogen) atoms.